The first-order chi connectivity index (χ1) is 11.8. The van der Waals surface area contributed by atoms with Gasteiger partial charge in [0.05, 0.1) is 22.3 Å². The molecule has 0 spiro atoms. The van der Waals surface area contributed by atoms with Gasteiger partial charge in [0, 0.05) is 26.6 Å². The lowest BCUT2D eigenvalue weighted by atomic mass is 9.92. The summed E-state index contributed by atoms with van der Waals surface area (Å²) in [5.41, 5.74) is 0.402. The standard InChI is InChI=1S/C16H15ClF2N4OS/c1-22-7-8(11-6-12(17)23(2)21-11)13(16(22)25)15(24)20-10-5-3-4-9(18)14(10)19/h3-6,8,13H,7H2,1-2H3,(H,20,24)/t8-,13+/m1/s1. The van der Waals surface area contributed by atoms with E-state index in [1.807, 2.05) is 0 Å². The number of halogens is 3. The molecule has 1 fully saturated rings. The molecule has 1 aliphatic rings. The highest BCUT2D eigenvalue weighted by atomic mass is 35.5. The number of amides is 1. The third kappa shape index (κ3) is 3.23. The molecule has 3 rings (SSSR count). The number of hydrogen-bond donors (Lipinski definition) is 1. The van der Waals surface area contributed by atoms with Crippen LogP contribution in [0.15, 0.2) is 24.3 Å². The lowest BCUT2D eigenvalue weighted by Gasteiger charge is -2.17. The maximum Gasteiger partial charge on any atom is 0.235 e. The fourth-order valence-electron chi connectivity index (χ4n) is 2.92. The molecule has 0 saturated carbocycles. The van der Waals surface area contributed by atoms with Crippen molar-refractivity contribution in [3.8, 4) is 0 Å². The molecule has 0 aliphatic carbocycles. The Hall–Kier alpha value is -2.06. The first-order valence-electron chi connectivity index (χ1n) is 7.49. The Morgan fingerprint density at radius 3 is 2.76 bits per heavy atom. The zero-order valence-corrected chi connectivity index (χ0v) is 15.0. The Bertz CT molecular complexity index is 837. The number of hydrogen-bond acceptors (Lipinski definition) is 3. The molecule has 1 N–H and O–H groups in total. The number of likely N-dealkylation sites (N-methyl/N-ethyl adjacent to an activating group) is 1. The van der Waals surface area contributed by atoms with Gasteiger partial charge in [-0.2, -0.15) is 5.10 Å². The molecule has 5 nitrogen and oxygen atoms in total. The van der Waals surface area contributed by atoms with Crippen molar-refractivity contribution in [1.82, 2.24) is 14.7 Å². The summed E-state index contributed by atoms with van der Waals surface area (Å²) in [5.74, 6) is -3.70. The molecule has 25 heavy (non-hydrogen) atoms. The number of likely N-dealkylation sites (tertiary alicyclic amines) is 1. The van der Waals surface area contributed by atoms with Gasteiger partial charge in [0.1, 0.15) is 5.15 Å². The number of aromatic nitrogens is 2. The van der Waals surface area contributed by atoms with Gasteiger partial charge >= 0.3 is 0 Å². The van der Waals surface area contributed by atoms with Crippen molar-refractivity contribution in [3.05, 3.63) is 46.7 Å². The van der Waals surface area contributed by atoms with E-state index in [4.69, 9.17) is 23.8 Å². The molecule has 0 radical (unpaired) electrons. The Morgan fingerprint density at radius 2 is 2.12 bits per heavy atom. The highest BCUT2D eigenvalue weighted by Crippen LogP contribution is 2.35. The van der Waals surface area contributed by atoms with Crippen LogP contribution in [0.25, 0.3) is 0 Å². The molecule has 0 bridgehead atoms. The van der Waals surface area contributed by atoms with Crippen LogP contribution in [0.2, 0.25) is 5.15 Å². The molecule has 0 unspecified atom stereocenters. The van der Waals surface area contributed by atoms with Crippen molar-refractivity contribution in [3.63, 3.8) is 0 Å². The van der Waals surface area contributed by atoms with Gasteiger partial charge in [-0.15, -0.1) is 0 Å². The molecule has 9 heteroatoms. The summed E-state index contributed by atoms with van der Waals surface area (Å²) in [6, 6.07) is 5.28. The zero-order valence-electron chi connectivity index (χ0n) is 13.5. The summed E-state index contributed by atoms with van der Waals surface area (Å²) >= 11 is 11.4. The topological polar surface area (TPSA) is 50.2 Å². The van der Waals surface area contributed by atoms with Crippen molar-refractivity contribution in [2.45, 2.75) is 5.92 Å². The number of nitrogens with zero attached hydrogens (tertiary/aromatic N) is 3. The van der Waals surface area contributed by atoms with Gasteiger partial charge in [0.15, 0.2) is 11.6 Å². The van der Waals surface area contributed by atoms with Crippen molar-refractivity contribution in [2.24, 2.45) is 13.0 Å². The van der Waals surface area contributed by atoms with E-state index in [-0.39, 0.29) is 11.6 Å². The predicted octanol–water partition coefficient (Wildman–Crippen LogP) is 2.96. The second kappa shape index (κ2) is 6.68. The fourth-order valence-corrected chi connectivity index (χ4v) is 3.41. The fraction of sp³-hybridized carbons (Fsp3) is 0.312. The van der Waals surface area contributed by atoms with Crippen molar-refractivity contribution in [2.75, 3.05) is 18.9 Å². The molecule has 1 aromatic heterocycles. The van der Waals surface area contributed by atoms with E-state index in [2.05, 4.69) is 10.4 Å². The molecule has 1 amide bonds. The van der Waals surface area contributed by atoms with Crippen LogP contribution in [0, 0.1) is 17.6 Å². The number of nitrogens with one attached hydrogen (secondary N) is 1. The number of anilines is 1. The van der Waals surface area contributed by atoms with Gasteiger partial charge in [-0.25, -0.2) is 8.78 Å². The minimum Gasteiger partial charge on any atom is -0.368 e. The van der Waals surface area contributed by atoms with E-state index in [0.29, 0.717) is 22.4 Å². The Morgan fingerprint density at radius 1 is 1.40 bits per heavy atom. The highest BCUT2D eigenvalue weighted by molar-refractivity contribution is 7.80. The lowest BCUT2D eigenvalue weighted by Crippen LogP contribution is -2.32. The van der Waals surface area contributed by atoms with E-state index in [1.54, 1.807) is 25.1 Å². The molecule has 2 atom stereocenters. The van der Waals surface area contributed by atoms with E-state index in [9.17, 15) is 13.6 Å². The molecule has 2 aromatic rings. The largest absolute Gasteiger partial charge is 0.368 e. The van der Waals surface area contributed by atoms with Crippen molar-refractivity contribution < 1.29 is 13.6 Å². The van der Waals surface area contributed by atoms with E-state index in [1.165, 1.54) is 16.8 Å². The maximum absolute atomic E-state index is 13.8. The zero-order chi connectivity index (χ0) is 18.3. The number of aryl methyl sites for hydroxylation is 1. The first kappa shape index (κ1) is 17.8. The second-order valence-electron chi connectivity index (χ2n) is 5.91. The Kier molecular flexibility index (Phi) is 4.75. The van der Waals surface area contributed by atoms with Crippen LogP contribution >= 0.6 is 23.8 Å². The summed E-state index contributed by atoms with van der Waals surface area (Å²) in [6.07, 6.45) is 0. The normalized spacial score (nSPS) is 20.2. The lowest BCUT2D eigenvalue weighted by molar-refractivity contribution is -0.118. The van der Waals surface area contributed by atoms with Crippen LogP contribution in [0.1, 0.15) is 11.6 Å². The van der Waals surface area contributed by atoms with Crippen LogP contribution in [-0.2, 0) is 11.8 Å². The molecule has 2 heterocycles. The smallest absolute Gasteiger partial charge is 0.235 e. The first-order valence-corrected chi connectivity index (χ1v) is 8.27. The van der Waals surface area contributed by atoms with E-state index in [0.717, 1.165) is 6.07 Å². The van der Waals surface area contributed by atoms with Crippen LogP contribution in [0.5, 0.6) is 0 Å². The van der Waals surface area contributed by atoms with Gasteiger partial charge in [-0.05, 0) is 18.2 Å². The molecule has 1 saturated heterocycles. The average molecular weight is 385 g/mol. The SMILES string of the molecule is CN1C[C@H](c2cc(Cl)n(C)n2)[C@@H](C(=O)Nc2cccc(F)c2F)C1=S. The Labute approximate surface area is 153 Å². The van der Waals surface area contributed by atoms with Crippen molar-refractivity contribution >= 4 is 40.4 Å². The summed E-state index contributed by atoms with van der Waals surface area (Å²) in [7, 11) is 3.47. The maximum atomic E-state index is 13.8. The third-order valence-corrected chi connectivity index (χ3v) is 5.15. The number of carbonyl (C=O) groups is 1. The van der Waals surface area contributed by atoms with Crippen LogP contribution in [0.4, 0.5) is 14.5 Å². The van der Waals surface area contributed by atoms with E-state index < -0.39 is 23.5 Å². The molecular weight excluding hydrogens is 370 g/mol. The number of benzene rings is 1. The monoisotopic (exact) mass is 384 g/mol. The molecule has 1 aromatic carbocycles. The molecule has 132 valence electrons. The van der Waals surface area contributed by atoms with Crippen LogP contribution in [0.3, 0.4) is 0 Å². The molecular formula is C16H15ClF2N4OS. The van der Waals surface area contributed by atoms with Gasteiger partial charge < -0.3 is 10.2 Å². The van der Waals surface area contributed by atoms with Crippen LogP contribution in [-0.4, -0.2) is 39.2 Å². The minimum atomic E-state index is -1.11. The van der Waals surface area contributed by atoms with E-state index >= 15 is 0 Å². The quantitative estimate of drug-likeness (QED) is 0.827. The number of rotatable bonds is 3. The number of carbonyl (C=O) groups excluding carboxylic acids is 1. The summed E-state index contributed by atoms with van der Waals surface area (Å²) in [4.78, 5) is 14.9. The predicted molar refractivity (Wildman–Crippen MR) is 94.7 cm³/mol. The van der Waals surface area contributed by atoms with Gasteiger partial charge in [-0.3, -0.25) is 9.48 Å². The summed E-state index contributed by atoms with van der Waals surface area (Å²) < 4.78 is 28.7. The van der Waals surface area contributed by atoms with Crippen molar-refractivity contribution in [1.29, 1.82) is 0 Å². The minimum absolute atomic E-state index is 0.222. The van der Waals surface area contributed by atoms with Gasteiger partial charge in [-0.1, -0.05) is 29.9 Å². The third-order valence-electron chi connectivity index (χ3n) is 4.23. The second-order valence-corrected chi connectivity index (χ2v) is 6.71. The van der Waals surface area contributed by atoms with Crippen LogP contribution < -0.4 is 5.32 Å². The summed E-state index contributed by atoms with van der Waals surface area (Å²) in [5, 5.41) is 7.18. The Balaban J connectivity index is 1.90. The number of thiocarbonyl (C=S) groups is 1. The summed E-state index contributed by atoms with van der Waals surface area (Å²) in [6.45, 7) is 0.482. The average Bonchev–Trinajstić information content (AvgIpc) is 3.04. The van der Waals surface area contributed by atoms with Gasteiger partial charge in [0.25, 0.3) is 0 Å². The highest BCUT2D eigenvalue weighted by Gasteiger charge is 2.43. The molecule has 1 aliphatic heterocycles. The van der Waals surface area contributed by atoms with Gasteiger partial charge in [0.2, 0.25) is 5.91 Å².